The molecule has 0 radical (unpaired) electrons. The van der Waals surface area contributed by atoms with E-state index in [0.717, 1.165) is 6.04 Å². The van der Waals surface area contributed by atoms with Gasteiger partial charge in [0.2, 0.25) is 0 Å². The van der Waals surface area contributed by atoms with Crippen LogP contribution in [-0.2, 0) is 0 Å². The summed E-state index contributed by atoms with van der Waals surface area (Å²) in [6, 6.07) is 2.13. The van der Waals surface area contributed by atoms with Gasteiger partial charge in [0.15, 0.2) is 0 Å². The third-order valence-corrected chi connectivity index (χ3v) is 3.47. The Bertz CT molecular complexity index is 185. The summed E-state index contributed by atoms with van der Waals surface area (Å²) in [4.78, 5) is 5.12. The Labute approximate surface area is 87.4 Å². The number of piperazine rings is 1. The van der Waals surface area contributed by atoms with Gasteiger partial charge in [0, 0.05) is 37.8 Å². The van der Waals surface area contributed by atoms with Gasteiger partial charge >= 0.3 is 0 Å². The number of nitrogens with one attached hydrogen (secondary N) is 1. The second kappa shape index (κ2) is 4.17. The second-order valence-corrected chi connectivity index (χ2v) is 5.13. The normalized spacial score (nSPS) is 41.8. The van der Waals surface area contributed by atoms with Crippen LogP contribution in [0.25, 0.3) is 0 Å². The van der Waals surface area contributed by atoms with Crippen LogP contribution in [-0.4, -0.2) is 61.2 Å². The largest absolute Gasteiger partial charge is 0.309 e. The molecule has 3 atom stereocenters. The first-order chi connectivity index (χ1) is 6.65. The van der Waals surface area contributed by atoms with Crippen molar-refractivity contribution in [3.8, 4) is 0 Å². The molecule has 0 aromatic rings. The average molecular weight is 197 g/mol. The van der Waals surface area contributed by atoms with E-state index in [1.807, 2.05) is 0 Å². The zero-order chi connectivity index (χ0) is 10.1. The molecule has 0 aliphatic carbocycles. The lowest BCUT2D eigenvalue weighted by Gasteiger charge is -2.39. The average Bonchev–Trinajstić information content (AvgIpc) is 2.50. The molecule has 2 heterocycles. The Balaban J connectivity index is 1.90. The van der Waals surface area contributed by atoms with Crippen LogP contribution in [0.5, 0.6) is 0 Å². The highest BCUT2D eigenvalue weighted by Crippen LogP contribution is 2.17. The van der Waals surface area contributed by atoms with Crippen molar-refractivity contribution in [3.63, 3.8) is 0 Å². The van der Waals surface area contributed by atoms with Gasteiger partial charge in [0.05, 0.1) is 0 Å². The molecule has 2 saturated heterocycles. The molecule has 3 heteroatoms. The van der Waals surface area contributed by atoms with E-state index in [0.29, 0.717) is 12.1 Å². The van der Waals surface area contributed by atoms with Crippen molar-refractivity contribution in [2.75, 3.05) is 33.2 Å². The molecule has 0 bridgehead atoms. The predicted molar refractivity (Wildman–Crippen MR) is 59.5 cm³/mol. The maximum Gasteiger partial charge on any atom is 0.0236 e. The number of rotatable bonds is 1. The Morgan fingerprint density at radius 3 is 2.21 bits per heavy atom. The molecule has 14 heavy (non-hydrogen) atoms. The van der Waals surface area contributed by atoms with Crippen LogP contribution in [0, 0.1) is 0 Å². The van der Waals surface area contributed by atoms with Crippen LogP contribution >= 0.6 is 0 Å². The lowest BCUT2D eigenvalue weighted by Crippen LogP contribution is -2.57. The van der Waals surface area contributed by atoms with Gasteiger partial charge in [-0.25, -0.2) is 0 Å². The molecule has 3 nitrogen and oxygen atoms in total. The number of hydrogen-bond donors (Lipinski definition) is 1. The summed E-state index contributed by atoms with van der Waals surface area (Å²) in [5.41, 5.74) is 0. The zero-order valence-corrected chi connectivity index (χ0v) is 9.66. The second-order valence-electron chi connectivity index (χ2n) is 5.13. The van der Waals surface area contributed by atoms with Crippen molar-refractivity contribution in [1.82, 2.24) is 15.1 Å². The first-order valence-electron chi connectivity index (χ1n) is 5.84. The highest BCUT2D eigenvalue weighted by Gasteiger charge is 2.30. The van der Waals surface area contributed by atoms with Gasteiger partial charge in [0.25, 0.3) is 0 Å². The molecule has 82 valence electrons. The first kappa shape index (κ1) is 10.4. The molecular formula is C11H23N3. The Morgan fingerprint density at radius 1 is 1.07 bits per heavy atom. The van der Waals surface area contributed by atoms with Gasteiger partial charge < -0.3 is 10.2 Å². The molecule has 0 saturated carbocycles. The summed E-state index contributed by atoms with van der Waals surface area (Å²) in [6.07, 6.45) is 1.36. The van der Waals surface area contributed by atoms with Crippen LogP contribution in [0.3, 0.4) is 0 Å². The van der Waals surface area contributed by atoms with Gasteiger partial charge in [0.1, 0.15) is 0 Å². The maximum absolute atomic E-state index is 3.59. The van der Waals surface area contributed by atoms with Gasteiger partial charge in [-0.1, -0.05) is 0 Å². The molecule has 2 aliphatic heterocycles. The number of likely N-dealkylation sites (tertiary alicyclic amines) is 1. The standard InChI is InChI=1S/C11H23N3/c1-9-6-14(7-10(2)12-9)11-4-5-13(3)8-11/h9-12H,4-8H2,1-3H3/t9-,10-,11?/m0/s1. The van der Waals surface area contributed by atoms with E-state index in [1.54, 1.807) is 0 Å². The lowest BCUT2D eigenvalue weighted by molar-refractivity contribution is 0.126. The van der Waals surface area contributed by atoms with E-state index < -0.39 is 0 Å². The fourth-order valence-corrected chi connectivity index (χ4v) is 2.88. The quantitative estimate of drug-likeness (QED) is 0.655. The number of likely N-dealkylation sites (N-methyl/N-ethyl adjacent to an activating group) is 1. The Morgan fingerprint density at radius 2 is 1.71 bits per heavy atom. The molecule has 2 fully saturated rings. The third-order valence-electron chi connectivity index (χ3n) is 3.47. The van der Waals surface area contributed by atoms with Crippen LogP contribution in [0.2, 0.25) is 0 Å². The smallest absolute Gasteiger partial charge is 0.0236 e. The summed E-state index contributed by atoms with van der Waals surface area (Å²) in [7, 11) is 2.23. The van der Waals surface area contributed by atoms with Gasteiger partial charge in [-0.05, 0) is 33.9 Å². The molecular weight excluding hydrogens is 174 g/mol. The van der Waals surface area contributed by atoms with Crippen LogP contribution in [0.15, 0.2) is 0 Å². The molecule has 0 aromatic heterocycles. The minimum absolute atomic E-state index is 0.657. The molecule has 1 unspecified atom stereocenters. The summed E-state index contributed by atoms with van der Waals surface area (Å²) >= 11 is 0. The van der Waals surface area contributed by atoms with E-state index in [4.69, 9.17) is 0 Å². The third kappa shape index (κ3) is 2.27. The van der Waals surface area contributed by atoms with E-state index in [1.165, 1.54) is 32.6 Å². The van der Waals surface area contributed by atoms with Crippen molar-refractivity contribution in [2.24, 2.45) is 0 Å². The first-order valence-corrected chi connectivity index (χ1v) is 5.84. The molecule has 0 amide bonds. The van der Waals surface area contributed by atoms with Crippen molar-refractivity contribution >= 4 is 0 Å². The summed E-state index contributed by atoms with van der Waals surface area (Å²) in [6.45, 7) is 9.57. The number of nitrogens with zero attached hydrogens (tertiary/aromatic N) is 2. The van der Waals surface area contributed by atoms with E-state index >= 15 is 0 Å². The highest BCUT2D eigenvalue weighted by atomic mass is 15.3. The number of hydrogen-bond acceptors (Lipinski definition) is 3. The zero-order valence-electron chi connectivity index (χ0n) is 9.66. The predicted octanol–water partition coefficient (Wildman–Crippen LogP) is 0.373. The van der Waals surface area contributed by atoms with Crippen molar-refractivity contribution < 1.29 is 0 Å². The Kier molecular flexibility index (Phi) is 3.10. The van der Waals surface area contributed by atoms with E-state index in [9.17, 15) is 0 Å². The van der Waals surface area contributed by atoms with Gasteiger partial charge in [-0.2, -0.15) is 0 Å². The van der Waals surface area contributed by atoms with Crippen LogP contribution in [0.1, 0.15) is 20.3 Å². The van der Waals surface area contributed by atoms with Crippen LogP contribution in [0.4, 0.5) is 0 Å². The highest BCUT2D eigenvalue weighted by molar-refractivity contribution is 4.89. The molecule has 2 aliphatic rings. The molecule has 0 spiro atoms. The Hall–Kier alpha value is -0.120. The molecule has 0 aromatic carbocycles. The minimum Gasteiger partial charge on any atom is -0.309 e. The lowest BCUT2D eigenvalue weighted by atomic mass is 10.1. The van der Waals surface area contributed by atoms with Gasteiger partial charge in [-0.15, -0.1) is 0 Å². The summed E-state index contributed by atoms with van der Waals surface area (Å²) in [5, 5.41) is 3.59. The topological polar surface area (TPSA) is 18.5 Å². The summed E-state index contributed by atoms with van der Waals surface area (Å²) < 4.78 is 0. The fraction of sp³-hybridized carbons (Fsp3) is 1.00. The minimum atomic E-state index is 0.657. The molecule has 2 rings (SSSR count). The fourth-order valence-electron chi connectivity index (χ4n) is 2.88. The van der Waals surface area contributed by atoms with Crippen molar-refractivity contribution in [1.29, 1.82) is 0 Å². The van der Waals surface area contributed by atoms with E-state index in [-0.39, 0.29) is 0 Å². The monoisotopic (exact) mass is 197 g/mol. The van der Waals surface area contributed by atoms with Crippen LogP contribution < -0.4 is 5.32 Å². The molecule has 1 N–H and O–H groups in total. The van der Waals surface area contributed by atoms with Crippen molar-refractivity contribution in [3.05, 3.63) is 0 Å². The van der Waals surface area contributed by atoms with Crippen molar-refractivity contribution in [2.45, 2.75) is 38.4 Å². The van der Waals surface area contributed by atoms with E-state index in [2.05, 4.69) is 36.0 Å². The maximum atomic E-state index is 3.59. The summed E-state index contributed by atoms with van der Waals surface area (Å²) in [5.74, 6) is 0. The van der Waals surface area contributed by atoms with Gasteiger partial charge in [-0.3, -0.25) is 4.90 Å². The SMILES string of the molecule is C[C@H]1CN(C2CCN(C)C2)C[C@H](C)N1.